The molecule has 1 aliphatic rings. The minimum atomic E-state index is 0.390. The van der Waals surface area contributed by atoms with Gasteiger partial charge >= 0.3 is 0 Å². The van der Waals surface area contributed by atoms with Crippen molar-refractivity contribution in [2.75, 3.05) is 0 Å². The summed E-state index contributed by atoms with van der Waals surface area (Å²) in [6.07, 6.45) is 6.83. The molecule has 0 saturated carbocycles. The molecular formula is C22H14ClN5OS2. The van der Waals surface area contributed by atoms with Crippen LogP contribution in [0, 0.1) is 0 Å². The summed E-state index contributed by atoms with van der Waals surface area (Å²) in [6, 6.07) is 11.3. The molecule has 31 heavy (non-hydrogen) atoms. The molecule has 9 heteroatoms. The molecule has 6 rings (SSSR count). The summed E-state index contributed by atoms with van der Waals surface area (Å²) in [6.45, 7) is 0. The first-order valence-corrected chi connectivity index (χ1v) is 11.8. The lowest BCUT2D eigenvalue weighted by Crippen LogP contribution is -1.94. The Hall–Kier alpha value is -2.81. The highest BCUT2D eigenvalue weighted by atomic mass is 35.5. The fourth-order valence-corrected chi connectivity index (χ4v) is 6.10. The number of fused-ring (bicyclic) bond motifs is 3. The monoisotopic (exact) mass is 463 g/mol. The van der Waals surface area contributed by atoms with Crippen molar-refractivity contribution in [2.45, 2.75) is 29.5 Å². The highest BCUT2D eigenvalue weighted by Gasteiger charge is 2.24. The molecule has 0 spiro atoms. The Morgan fingerprint density at radius 2 is 1.97 bits per heavy atom. The zero-order valence-electron chi connectivity index (χ0n) is 16.1. The van der Waals surface area contributed by atoms with Gasteiger partial charge in [0, 0.05) is 28.2 Å². The van der Waals surface area contributed by atoms with E-state index in [0.29, 0.717) is 27.5 Å². The van der Waals surface area contributed by atoms with Crippen LogP contribution in [0.5, 0.6) is 0 Å². The average molecular weight is 464 g/mol. The largest absolute Gasteiger partial charge is 0.411 e. The Morgan fingerprint density at radius 1 is 1.03 bits per heavy atom. The molecule has 0 atom stereocenters. The van der Waals surface area contributed by atoms with Crippen LogP contribution in [-0.2, 0) is 12.8 Å². The number of hydrogen-bond acceptors (Lipinski definition) is 8. The van der Waals surface area contributed by atoms with Gasteiger partial charge in [-0.2, -0.15) is 0 Å². The third-order valence-electron chi connectivity index (χ3n) is 5.15. The van der Waals surface area contributed by atoms with E-state index in [1.54, 1.807) is 29.8 Å². The maximum absolute atomic E-state index is 6.28. The van der Waals surface area contributed by atoms with E-state index in [1.807, 2.05) is 30.3 Å². The maximum Gasteiger partial charge on any atom is 0.283 e. The zero-order valence-corrected chi connectivity index (χ0v) is 18.5. The first kappa shape index (κ1) is 18.9. The summed E-state index contributed by atoms with van der Waals surface area (Å²) < 4.78 is 5.93. The molecule has 0 unspecified atom stereocenters. The van der Waals surface area contributed by atoms with Gasteiger partial charge in [0.25, 0.3) is 5.22 Å². The number of thiophene rings is 1. The van der Waals surface area contributed by atoms with Gasteiger partial charge in [0.05, 0.1) is 10.6 Å². The molecule has 6 nitrogen and oxygen atoms in total. The van der Waals surface area contributed by atoms with Crippen LogP contribution >= 0.6 is 34.7 Å². The van der Waals surface area contributed by atoms with E-state index in [2.05, 4.69) is 15.2 Å². The second-order valence-corrected chi connectivity index (χ2v) is 9.52. The summed E-state index contributed by atoms with van der Waals surface area (Å²) >= 11 is 9.41. The first-order chi connectivity index (χ1) is 15.3. The molecule has 0 saturated heterocycles. The van der Waals surface area contributed by atoms with Gasteiger partial charge in [0.1, 0.15) is 9.86 Å². The van der Waals surface area contributed by atoms with E-state index >= 15 is 0 Å². The molecule has 4 aromatic heterocycles. The van der Waals surface area contributed by atoms with Gasteiger partial charge < -0.3 is 4.42 Å². The fourth-order valence-electron chi connectivity index (χ4n) is 3.74. The number of pyridine rings is 1. The number of nitrogens with zero attached hydrogens (tertiary/aromatic N) is 5. The van der Waals surface area contributed by atoms with Crippen molar-refractivity contribution < 1.29 is 4.42 Å². The number of hydrogen-bond donors (Lipinski definition) is 0. The van der Waals surface area contributed by atoms with Crippen LogP contribution in [0.25, 0.3) is 33.1 Å². The predicted octanol–water partition coefficient (Wildman–Crippen LogP) is 6.10. The second kappa shape index (κ2) is 7.71. The highest BCUT2D eigenvalue weighted by Crippen LogP contribution is 2.43. The number of halogens is 1. The van der Waals surface area contributed by atoms with E-state index in [1.165, 1.54) is 28.6 Å². The molecule has 0 fully saturated rings. The Morgan fingerprint density at radius 3 is 2.84 bits per heavy atom. The summed E-state index contributed by atoms with van der Waals surface area (Å²) in [4.78, 5) is 16.3. The van der Waals surface area contributed by atoms with Crippen molar-refractivity contribution in [3.8, 4) is 22.8 Å². The highest BCUT2D eigenvalue weighted by molar-refractivity contribution is 7.99. The van der Waals surface area contributed by atoms with Crippen LogP contribution in [0.4, 0.5) is 0 Å². The van der Waals surface area contributed by atoms with Crippen LogP contribution in [0.2, 0.25) is 5.02 Å². The van der Waals surface area contributed by atoms with Crippen molar-refractivity contribution in [2.24, 2.45) is 0 Å². The van der Waals surface area contributed by atoms with E-state index in [0.717, 1.165) is 33.6 Å². The van der Waals surface area contributed by atoms with Crippen LogP contribution in [0.1, 0.15) is 16.9 Å². The first-order valence-electron chi connectivity index (χ1n) is 9.75. The van der Waals surface area contributed by atoms with Crippen molar-refractivity contribution >= 4 is 44.9 Å². The average Bonchev–Trinajstić information content (AvgIpc) is 3.51. The van der Waals surface area contributed by atoms with Crippen molar-refractivity contribution in [3.05, 3.63) is 64.3 Å². The lowest BCUT2D eigenvalue weighted by Gasteiger charge is -2.05. The number of rotatable bonds is 4. The minimum absolute atomic E-state index is 0.390. The molecule has 1 aliphatic carbocycles. The Balaban J connectivity index is 1.45. The zero-order chi connectivity index (χ0) is 20.8. The van der Waals surface area contributed by atoms with Gasteiger partial charge in [-0.05, 0) is 60.9 Å². The summed E-state index contributed by atoms with van der Waals surface area (Å²) in [5.41, 5.74) is 2.94. The Bertz CT molecular complexity index is 1420. The van der Waals surface area contributed by atoms with Gasteiger partial charge in [0.2, 0.25) is 5.89 Å². The molecule has 0 amide bonds. The lowest BCUT2D eigenvalue weighted by atomic mass is 10.2. The third kappa shape index (κ3) is 3.40. The Kier molecular flexibility index (Phi) is 4.70. The lowest BCUT2D eigenvalue weighted by molar-refractivity contribution is 0.466. The predicted molar refractivity (Wildman–Crippen MR) is 122 cm³/mol. The second-order valence-electron chi connectivity index (χ2n) is 7.09. The molecule has 0 N–H and O–H groups in total. The van der Waals surface area contributed by atoms with Gasteiger partial charge in [-0.1, -0.05) is 23.7 Å². The number of aryl methyl sites for hydroxylation is 2. The van der Waals surface area contributed by atoms with Crippen molar-refractivity contribution in [1.82, 2.24) is 25.1 Å². The molecule has 0 bridgehead atoms. The molecule has 5 aromatic rings. The summed E-state index contributed by atoms with van der Waals surface area (Å²) in [7, 11) is 0. The molecule has 152 valence electrons. The van der Waals surface area contributed by atoms with E-state index in [4.69, 9.17) is 26.0 Å². The van der Waals surface area contributed by atoms with E-state index in [9.17, 15) is 0 Å². The quantitative estimate of drug-likeness (QED) is 0.298. The Labute approximate surface area is 190 Å². The molecule has 0 aliphatic heterocycles. The molecular weight excluding hydrogens is 450 g/mol. The number of benzene rings is 1. The van der Waals surface area contributed by atoms with E-state index < -0.39 is 0 Å². The molecule has 4 heterocycles. The van der Waals surface area contributed by atoms with Crippen LogP contribution in [0.15, 0.2) is 63.5 Å². The SMILES string of the molecule is Clc1ccccc1-c1nnc(Sc2nc(-c3cccnc3)nc3sc4c(c23)CCC4)o1. The molecule has 1 aromatic carbocycles. The number of aromatic nitrogens is 5. The third-order valence-corrected chi connectivity index (χ3v) is 7.49. The van der Waals surface area contributed by atoms with Gasteiger partial charge in [-0.3, -0.25) is 4.98 Å². The topological polar surface area (TPSA) is 77.6 Å². The van der Waals surface area contributed by atoms with Crippen LogP contribution in [-0.4, -0.2) is 25.1 Å². The fraction of sp³-hybridized carbons (Fsp3) is 0.136. The van der Waals surface area contributed by atoms with Gasteiger partial charge in [0.15, 0.2) is 5.82 Å². The van der Waals surface area contributed by atoms with Crippen molar-refractivity contribution in [1.29, 1.82) is 0 Å². The van der Waals surface area contributed by atoms with Crippen molar-refractivity contribution in [3.63, 3.8) is 0 Å². The minimum Gasteiger partial charge on any atom is -0.411 e. The summed E-state index contributed by atoms with van der Waals surface area (Å²) in [5.74, 6) is 1.04. The van der Waals surface area contributed by atoms with E-state index in [-0.39, 0.29) is 0 Å². The normalized spacial score (nSPS) is 13.1. The smallest absolute Gasteiger partial charge is 0.283 e. The standard InChI is InChI=1S/C22H14ClN5OS2/c23-15-8-2-1-6-13(15)19-27-28-22(29-19)31-21-17-14-7-3-9-16(14)30-20(17)25-18(26-21)12-5-4-10-24-11-12/h1-2,4-6,8,10-11H,3,7,9H2. The van der Waals surface area contributed by atoms with Crippen LogP contribution in [0.3, 0.4) is 0 Å². The maximum atomic E-state index is 6.28. The van der Waals surface area contributed by atoms with Gasteiger partial charge in [-0.15, -0.1) is 21.5 Å². The van der Waals surface area contributed by atoms with Crippen LogP contribution < -0.4 is 0 Å². The molecule has 0 radical (unpaired) electrons. The summed E-state index contributed by atoms with van der Waals surface area (Å²) in [5, 5.41) is 11.4. The van der Waals surface area contributed by atoms with Gasteiger partial charge in [-0.25, -0.2) is 9.97 Å².